The molecule has 1 aliphatic carbocycles. The van der Waals surface area contributed by atoms with E-state index >= 15 is 0 Å². The minimum atomic E-state index is -0.201. The van der Waals surface area contributed by atoms with Gasteiger partial charge in [0.25, 0.3) is 0 Å². The first-order chi connectivity index (χ1) is 9.67. The largest absolute Gasteiger partial charge is 0.383 e. The number of ether oxygens (including phenoxy) is 1. The highest BCUT2D eigenvalue weighted by Gasteiger charge is 2.36. The molecule has 0 bridgehead atoms. The van der Waals surface area contributed by atoms with E-state index in [1.165, 1.54) is 25.0 Å². The zero-order valence-corrected chi connectivity index (χ0v) is 12.4. The molecule has 0 spiro atoms. The van der Waals surface area contributed by atoms with Crippen molar-refractivity contribution in [3.63, 3.8) is 0 Å². The summed E-state index contributed by atoms with van der Waals surface area (Å²) >= 11 is 0. The van der Waals surface area contributed by atoms with Gasteiger partial charge >= 0.3 is 0 Å². The Balaban J connectivity index is 2.22. The second-order valence-corrected chi connectivity index (χ2v) is 5.53. The van der Waals surface area contributed by atoms with Crippen molar-refractivity contribution in [1.29, 1.82) is 0 Å². The number of nitrogens with zero attached hydrogens (tertiary/aromatic N) is 1. The van der Waals surface area contributed by atoms with Crippen molar-refractivity contribution in [3.05, 3.63) is 35.6 Å². The van der Waals surface area contributed by atoms with Crippen LogP contribution in [0.3, 0.4) is 0 Å². The van der Waals surface area contributed by atoms with E-state index in [4.69, 9.17) is 10.5 Å². The molecule has 1 aliphatic rings. The van der Waals surface area contributed by atoms with Gasteiger partial charge in [-0.15, -0.1) is 0 Å². The Morgan fingerprint density at radius 2 is 2.00 bits per heavy atom. The molecule has 2 N–H and O–H groups in total. The molecule has 2 rings (SSSR count). The topological polar surface area (TPSA) is 38.5 Å². The SMILES string of the molecule is CCC(N)C(c1ccc(F)cc1)N(CCOC)C1CC1. The molecule has 4 heteroatoms. The monoisotopic (exact) mass is 280 g/mol. The summed E-state index contributed by atoms with van der Waals surface area (Å²) in [7, 11) is 1.72. The number of hydrogen-bond acceptors (Lipinski definition) is 3. The zero-order chi connectivity index (χ0) is 14.5. The average Bonchev–Trinajstić information content (AvgIpc) is 3.28. The smallest absolute Gasteiger partial charge is 0.123 e. The Bertz CT molecular complexity index is 405. The van der Waals surface area contributed by atoms with Crippen molar-refractivity contribution in [1.82, 2.24) is 4.90 Å². The number of nitrogens with two attached hydrogens (primary N) is 1. The lowest BCUT2D eigenvalue weighted by molar-refractivity contribution is 0.101. The van der Waals surface area contributed by atoms with Crippen molar-refractivity contribution in [2.75, 3.05) is 20.3 Å². The van der Waals surface area contributed by atoms with E-state index in [2.05, 4.69) is 11.8 Å². The van der Waals surface area contributed by atoms with E-state index in [0.29, 0.717) is 12.6 Å². The van der Waals surface area contributed by atoms with Gasteiger partial charge in [-0.1, -0.05) is 19.1 Å². The molecular formula is C16H25FN2O. The Morgan fingerprint density at radius 1 is 1.35 bits per heavy atom. The molecule has 2 unspecified atom stereocenters. The molecule has 112 valence electrons. The number of hydrogen-bond donors (Lipinski definition) is 1. The normalized spacial score (nSPS) is 18.2. The first kappa shape index (κ1) is 15.4. The highest BCUT2D eigenvalue weighted by molar-refractivity contribution is 5.22. The first-order valence-corrected chi connectivity index (χ1v) is 7.43. The van der Waals surface area contributed by atoms with Gasteiger partial charge in [0.1, 0.15) is 5.82 Å². The van der Waals surface area contributed by atoms with Crippen molar-refractivity contribution in [3.8, 4) is 0 Å². The Morgan fingerprint density at radius 3 is 2.50 bits per heavy atom. The number of rotatable bonds is 8. The fraction of sp³-hybridized carbons (Fsp3) is 0.625. The minimum Gasteiger partial charge on any atom is -0.383 e. The lowest BCUT2D eigenvalue weighted by Gasteiger charge is -2.35. The van der Waals surface area contributed by atoms with Crippen LogP contribution in [0.2, 0.25) is 0 Å². The molecule has 3 nitrogen and oxygen atoms in total. The quantitative estimate of drug-likeness (QED) is 0.795. The van der Waals surface area contributed by atoms with Gasteiger partial charge in [-0.05, 0) is 37.0 Å². The summed E-state index contributed by atoms with van der Waals surface area (Å²) in [6, 6.07) is 7.55. The third-order valence-electron chi connectivity index (χ3n) is 4.02. The van der Waals surface area contributed by atoms with E-state index in [0.717, 1.165) is 18.5 Å². The van der Waals surface area contributed by atoms with E-state index in [-0.39, 0.29) is 17.9 Å². The maximum absolute atomic E-state index is 13.1. The summed E-state index contributed by atoms with van der Waals surface area (Å²) < 4.78 is 18.4. The van der Waals surface area contributed by atoms with Crippen molar-refractivity contribution >= 4 is 0 Å². The van der Waals surface area contributed by atoms with Crippen LogP contribution in [0.5, 0.6) is 0 Å². The van der Waals surface area contributed by atoms with Crippen LogP contribution < -0.4 is 5.73 Å². The average molecular weight is 280 g/mol. The summed E-state index contributed by atoms with van der Waals surface area (Å²) in [4.78, 5) is 2.44. The van der Waals surface area contributed by atoms with Crippen molar-refractivity contribution in [2.24, 2.45) is 5.73 Å². The molecule has 2 atom stereocenters. The van der Waals surface area contributed by atoms with E-state index in [9.17, 15) is 4.39 Å². The summed E-state index contributed by atoms with van der Waals surface area (Å²) in [5.41, 5.74) is 7.45. The number of methoxy groups -OCH3 is 1. The van der Waals surface area contributed by atoms with Crippen LogP contribution in [0.25, 0.3) is 0 Å². The van der Waals surface area contributed by atoms with Crippen LogP contribution in [-0.4, -0.2) is 37.2 Å². The molecule has 1 aromatic carbocycles. The van der Waals surface area contributed by atoms with Gasteiger partial charge in [0.05, 0.1) is 12.6 Å². The van der Waals surface area contributed by atoms with E-state index in [1.54, 1.807) is 7.11 Å². The van der Waals surface area contributed by atoms with Crippen molar-refractivity contribution < 1.29 is 9.13 Å². The van der Waals surface area contributed by atoms with E-state index in [1.807, 2.05) is 12.1 Å². The first-order valence-electron chi connectivity index (χ1n) is 7.43. The standard InChI is InChI=1S/C16H25FN2O/c1-3-15(18)16(12-4-6-13(17)7-5-12)19(10-11-20-2)14-8-9-14/h4-7,14-16H,3,8-11,18H2,1-2H3. The summed E-state index contributed by atoms with van der Waals surface area (Å²) in [5, 5.41) is 0. The van der Waals surface area contributed by atoms with Crippen molar-refractivity contribution in [2.45, 2.75) is 44.3 Å². The van der Waals surface area contributed by atoms with Crippen LogP contribution in [0.1, 0.15) is 37.8 Å². The third kappa shape index (κ3) is 3.78. The maximum Gasteiger partial charge on any atom is 0.123 e. The van der Waals surface area contributed by atoms with Crippen LogP contribution >= 0.6 is 0 Å². The maximum atomic E-state index is 13.1. The third-order valence-corrected chi connectivity index (χ3v) is 4.02. The summed E-state index contributed by atoms with van der Waals surface area (Å²) in [6.07, 6.45) is 3.34. The molecular weight excluding hydrogens is 255 g/mol. The number of benzene rings is 1. The zero-order valence-electron chi connectivity index (χ0n) is 12.4. The molecule has 0 heterocycles. The fourth-order valence-corrected chi connectivity index (χ4v) is 2.72. The van der Waals surface area contributed by atoms with Crippen LogP contribution in [0.4, 0.5) is 4.39 Å². The second-order valence-electron chi connectivity index (χ2n) is 5.53. The highest BCUT2D eigenvalue weighted by atomic mass is 19.1. The number of halogens is 1. The van der Waals surface area contributed by atoms with Gasteiger partial charge in [0.2, 0.25) is 0 Å². The van der Waals surface area contributed by atoms with Crippen LogP contribution in [0, 0.1) is 5.82 Å². The second kappa shape index (κ2) is 7.16. The predicted molar refractivity (Wildman–Crippen MR) is 79.0 cm³/mol. The molecule has 0 amide bonds. The van der Waals surface area contributed by atoms with Crippen LogP contribution in [-0.2, 0) is 4.74 Å². The fourth-order valence-electron chi connectivity index (χ4n) is 2.72. The predicted octanol–water partition coefficient (Wildman–Crippen LogP) is 2.71. The Labute approximate surface area is 120 Å². The molecule has 0 aromatic heterocycles. The lowest BCUT2D eigenvalue weighted by Crippen LogP contribution is -2.43. The van der Waals surface area contributed by atoms with Gasteiger partial charge in [0.15, 0.2) is 0 Å². The van der Waals surface area contributed by atoms with Crippen LogP contribution in [0.15, 0.2) is 24.3 Å². The highest BCUT2D eigenvalue weighted by Crippen LogP contribution is 2.36. The van der Waals surface area contributed by atoms with Gasteiger partial charge in [-0.3, -0.25) is 4.90 Å². The lowest BCUT2D eigenvalue weighted by atomic mass is 9.96. The Hall–Kier alpha value is -0.970. The molecule has 0 aliphatic heterocycles. The molecule has 0 radical (unpaired) electrons. The minimum absolute atomic E-state index is 0.0536. The van der Waals surface area contributed by atoms with E-state index < -0.39 is 0 Å². The summed E-state index contributed by atoms with van der Waals surface area (Å²) in [6.45, 7) is 3.67. The van der Waals surface area contributed by atoms with Gasteiger partial charge in [0, 0.05) is 25.7 Å². The molecule has 1 saturated carbocycles. The van der Waals surface area contributed by atoms with Gasteiger partial charge in [-0.25, -0.2) is 4.39 Å². The Kier molecular flexibility index (Phi) is 5.52. The summed E-state index contributed by atoms with van der Waals surface area (Å²) in [5.74, 6) is -0.201. The molecule has 0 saturated heterocycles. The molecule has 1 fully saturated rings. The van der Waals surface area contributed by atoms with Gasteiger partial charge in [-0.2, -0.15) is 0 Å². The molecule has 20 heavy (non-hydrogen) atoms. The molecule has 1 aromatic rings. The van der Waals surface area contributed by atoms with Gasteiger partial charge < -0.3 is 10.5 Å².